The summed E-state index contributed by atoms with van der Waals surface area (Å²) >= 11 is 1.92. The summed E-state index contributed by atoms with van der Waals surface area (Å²) in [5, 5.41) is 3.37. The lowest BCUT2D eigenvalue weighted by Crippen LogP contribution is -2.27. The predicted octanol–water partition coefficient (Wildman–Crippen LogP) is 2.96. The van der Waals surface area contributed by atoms with Crippen molar-refractivity contribution in [2.45, 2.75) is 25.3 Å². The standard InChI is InChI=1S/C13H21NS/c1-14-13(11-15-2)10-6-9-12-7-4-3-5-8-12/h3-5,7-8,13-14H,6,9-11H2,1-2H3. The van der Waals surface area contributed by atoms with E-state index in [4.69, 9.17) is 0 Å². The Hall–Kier alpha value is -0.470. The van der Waals surface area contributed by atoms with E-state index in [0.29, 0.717) is 6.04 Å². The number of rotatable bonds is 7. The normalized spacial score (nSPS) is 12.7. The lowest BCUT2D eigenvalue weighted by molar-refractivity contribution is 0.549. The molecule has 84 valence electrons. The van der Waals surface area contributed by atoms with Gasteiger partial charge in [0.2, 0.25) is 0 Å². The van der Waals surface area contributed by atoms with Crippen LogP contribution in [0.4, 0.5) is 0 Å². The van der Waals surface area contributed by atoms with Crippen molar-refractivity contribution in [3.05, 3.63) is 35.9 Å². The second-order valence-electron chi connectivity index (χ2n) is 3.82. The van der Waals surface area contributed by atoms with E-state index in [1.54, 1.807) is 0 Å². The summed E-state index contributed by atoms with van der Waals surface area (Å²) in [7, 11) is 2.06. The number of hydrogen-bond acceptors (Lipinski definition) is 2. The van der Waals surface area contributed by atoms with Crippen molar-refractivity contribution in [2.75, 3.05) is 19.1 Å². The molecule has 2 heteroatoms. The van der Waals surface area contributed by atoms with Gasteiger partial charge in [0.1, 0.15) is 0 Å². The van der Waals surface area contributed by atoms with E-state index in [-0.39, 0.29) is 0 Å². The quantitative estimate of drug-likeness (QED) is 0.763. The zero-order valence-electron chi connectivity index (χ0n) is 9.70. The predicted molar refractivity (Wildman–Crippen MR) is 70.6 cm³/mol. The minimum absolute atomic E-state index is 0.670. The van der Waals surface area contributed by atoms with Crippen LogP contribution in [-0.2, 0) is 6.42 Å². The van der Waals surface area contributed by atoms with Gasteiger partial charge in [-0.2, -0.15) is 11.8 Å². The van der Waals surface area contributed by atoms with Gasteiger partial charge in [-0.15, -0.1) is 0 Å². The van der Waals surface area contributed by atoms with Gasteiger partial charge in [-0.25, -0.2) is 0 Å². The van der Waals surface area contributed by atoms with Crippen LogP contribution in [0.2, 0.25) is 0 Å². The summed E-state index contributed by atoms with van der Waals surface area (Å²) in [5.74, 6) is 1.21. The molecule has 0 amide bonds. The van der Waals surface area contributed by atoms with E-state index in [9.17, 15) is 0 Å². The molecule has 0 saturated carbocycles. The first-order valence-electron chi connectivity index (χ1n) is 5.57. The number of hydrogen-bond donors (Lipinski definition) is 1. The van der Waals surface area contributed by atoms with E-state index in [2.05, 4.69) is 49.0 Å². The Morgan fingerprint density at radius 2 is 2.00 bits per heavy atom. The van der Waals surface area contributed by atoms with Gasteiger partial charge < -0.3 is 5.32 Å². The average molecular weight is 223 g/mol. The van der Waals surface area contributed by atoms with Crippen molar-refractivity contribution in [3.8, 4) is 0 Å². The molecule has 0 aliphatic rings. The Bertz CT molecular complexity index is 248. The Morgan fingerprint density at radius 1 is 1.27 bits per heavy atom. The lowest BCUT2D eigenvalue weighted by Gasteiger charge is -2.14. The summed E-state index contributed by atoms with van der Waals surface area (Å²) in [6, 6.07) is 11.4. The number of thioether (sulfide) groups is 1. The molecule has 0 fully saturated rings. The zero-order chi connectivity index (χ0) is 10.9. The van der Waals surface area contributed by atoms with Crippen LogP contribution in [-0.4, -0.2) is 25.1 Å². The Kier molecular flexibility index (Phi) is 6.53. The molecule has 0 radical (unpaired) electrons. The summed E-state index contributed by atoms with van der Waals surface area (Å²) < 4.78 is 0. The lowest BCUT2D eigenvalue weighted by atomic mass is 10.1. The molecule has 1 atom stereocenters. The van der Waals surface area contributed by atoms with Crippen molar-refractivity contribution in [3.63, 3.8) is 0 Å². The first-order valence-corrected chi connectivity index (χ1v) is 6.96. The SMILES string of the molecule is CNC(CCCc1ccccc1)CSC. The Morgan fingerprint density at radius 3 is 2.60 bits per heavy atom. The van der Waals surface area contributed by atoms with Crippen molar-refractivity contribution >= 4 is 11.8 Å². The fourth-order valence-corrected chi connectivity index (χ4v) is 2.45. The summed E-state index contributed by atoms with van der Waals surface area (Å²) in [6.07, 6.45) is 5.91. The third kappa shape index (κ3) is 5.24. The van der Waals surface area contributed by atoms with Crippen molar-refractivity contribution < 1.29 is 0 Å². The molecule has 0 aromatic heterocycles. The molecule has 1 rings (SSSR count). The number of nitrogens with one attached hydrogen (secondary N) is 1. The average Bonchev–Trinajstić information content (AvgIpc) is 2.29. The van der Waals surface area contributed by atoms with E-state index in [1.807, 2.05) is 11.8 Å². The third-order valence-corrected chi connectivity index (χ3v) is 3.37. The van der Waals surface area contributed by atoms with Gasteiger partial charge >= 0.3 is 0 Å². The highest BCUT2D eigenvalue weighted by Crippen LogP contribution is 2.08. The highest BCUT2D eigenvalue weighted by Gasteiger charge is 2.04. The van der Waals surface area contributed by atoms with Gasteiger partial charge in [-0.05, 0) is 38.1 Å². The maximum absolute atomic E-state index is 3.37. The fraction of sp³-hybridized carbons (Fsp3) is 0.538. The van der Waals surface area contributed by atoms with Gasteiger partial charge in [-0.1, -0.05) is 30.3 Å². The monoisotopic (exact) mass is 223 g/mol. The van der Waals surface area contributed by atoms with Gasteiger partial charge in [0.15, 0.2) is 0 Å². The minimum Gasteiger partial charge on any atom is -0.316 e. The molecule has 0 aliphatic heterocycles. The molecule has 0 saturated heterocycles. The van der Waals surface area contributed by atoms with Crippen LogP contribution in [0, 0.1) is 0 Å². The molecule has 1 nitrogen and oxygen atoms in total. The molecule has 1 aromatic rings. The Balaban J connectivity index is 2.20. The van der Waals surface area contributed by atoms with E-state index >= 15 is 0 Å². The Labute approximate surface area is 97.7 Å². The highest BCUT2D eigenvalue weighted by molar-refractivity contribution is 7.98. The molecule has 15 heavy (non-hydrogen) atoms. The van der Waals surface area contributed by atoms with E-state index in [0.717, 1.165) is 0 Å². The van der Waals surface area contributed by atoms with Gasteiger partial charge in [0.25, 0.3) is 0 Å². The van der Waals surface area contributed by atoms with Crippen LogP contribution in [0.15, 0.2) is 30.3 Å². The molecule has 0 heterocycles. The second kappa shape index (κ2) is 7.77. The molecule has 0 spiro atoms. The van der Waals surface area contributed by atoms with Crippen LogP contribution in [0.25, 0.3) is 0 Å². The van der Waals surface area contributed by atoms with E-state index < -0.39 is 0 Å². The maximum atomic E-state index is 3.37. The highest BCUT2D eigenvalue weighted by atomic mass is 32.2. The molecular weight excluding hydrogens is 202 g/mol. The molecule has 0 aliphatic carbocycles. The van der Waals surface area contributed by atoms with Crippen molar-refractivity contribution in [2.24, 2.45) is 0 Å². The molecule has 1 N–H and O–H groups in total. The van der Waals surface area contributed by atoms with E-state index in [1.165, 1.54) is 30.6 Å². The molecule has 1 unspecified atom stereocenters. The topological polar surface area (TPSA) is 12.0 Å². The smallest absolute Gasteiger partial charge is 0.0155 e. The molecule has 1 aromatic carbocycles. The summed E-state index contributed by atoms with van der Waals surface area (Å²) in [6.45, 7) is 0. The number of aryl methyl sites for hydroxylation is 1. The molecule has 0 bridgehead atoms. The first-order chi connectivity index (χ1) is 7.36. The van der Waals surface area contributed by atoms with Crippen LogP contribution in [0.1, 0.15) is 18.4 Å². The maximum Gasteiger partial charge on any atom is 0.0155 e. The third-order valence-electron chi connectivity index (χ3n) is 2.64. The minimum atomic E-state index is 0.670. The summed E-state index contributed by atoms with van der Waals surface area (Å²) in [5.41, 5.74) is 1.46. The largest absolute Gasteiger partial charge is 0.316 e. The van der Waals surface area contributed by atoms with Crippen LogP contribution in [0.3, 0.4) is 0 Å². The van der Waals surface area contributed by atoms with Crippen molar-refractivity contribution in [1.29, 1.82) is 0 Å². The van der Waals surface area contributed by atoms with Crippen LogP contribution >= 0.6 is 11.8 Å². The zero-order valence-corrected chi connectivity index (χ0v) is 10.5. The van der Waals surface area contributed by atoms with Gasteiger partial charge in [-0.3, -0.25) is 0 Å². The van der Waals surface area contributed by atoms with Gasteiger partial charge in [0.05, 0.1) is 0 Å². The molecular formula is C13H21NS. The fourth-order valence-electron chi connectivity index (χ4n) is 1.71. The van der Waals surface area contributed by atoms with Gasteiger partial charge in [0, 0.05) is 11.8 Å². The van der Waals surface area contributed by atoms with Crippen LogP contribution in [0.5, 0.6) is 0 Å². The number of benzene rings is 1. The first kappa shape index (κ1) is 12.6. The van der Waals surface area contributed by atoms with Crippen LogP contribution < -0.4 is 5.32 Å². The second-order valence-corrected chi connectivity index (χ2v) is 4.73. The summed E-state index contributed by atoms with van der Waals surface area (Å²) in [4.78, 5) is 0. The van der Waals surface area contributed by atoms with Crippen molar-refractivity contribution in [1.82, 2.24) is 5.32 Å².